The van der Waals surface area contributed by atoms with Crippen molar-refractivity contribution in [1.82, 2.24) is 5.32 Å². The minimum absolute atomic E-state index is 0.00537. The van der Waals surface area contributed by atoms with Crippen LogP contribution >= 0.6 is 0 Å². The molecule has 3 nitrogen and oxygen atoms in total. The van der Waals surface area contributed by atoms with E-state index in [1.54, 1.807) is 7.11 Å². The molecule has 140 valence electrons. The van der Waals surface area contributed by atoms with Gasteiger partial charge in [0.25, 0.3) is 5.91 Å². The highest BCUT2D eigenvalue weighted by molar-refractivity contribution is 5.96. The number of carbonyl (C=O) groups excluding carboxylic acids is 1. The van der Waals surface area contributed by atoms with Crippen LogP contribution in [0.2, 0.25) is 0 Å². The summed E-state index contributed by atoms with van der Waals surface area (Å²) in [5.41, 5.74) is 6.37. The average molecular weight is 354 g/mol. The molecule has 1 atom stereocenters. The van der Waals surface area contributed by atoms with E-state index in [0.29, 0.717) is 5.92 Å². The molecule has 0 heterocycles. The van der Waals surface area contributed by atoms with E-state index in [-0.39, 0.29) is 11.9 Å². The fraction of sp³-hybridized carbons (Fsp3) is 0.435. The summed E-state index contributed by atoms with van der Waals surface area (Å²) in [7, 11) is 1.67. The second-order valence-corrected chi connectivity index (χ2v) is 7.34. The molecular weight excluding hydrogens is 322 g/mol. The van der Waals surface area contributed by atoms with Gasteiger partial charge in [0.05, 0.1) is 13.2 Å². The molecular formula is C23H31NO2. The lowest BCUT2D eigenvalue weighted by Crippen LogP contribution is -2.29. The molecule has 2 aromatic rings. The number of ether oxygens (including phenoxy) is 1. The normalized spacial score (nSPS) is 12.2. The molecule has 2 rings (SSSR count). The Morgan fingerprint density at radius 3 is 2.27 bits per heavy atom. The van der Waals surface area contributed by atoms with Crippen LogP contribution in [0.3, 0.4) is 0 Å². The van der Waals surface area contributed by atoms with Crippen molar-refractivity contribution in [2.45, 2.75) is 59.9 Å². The molecule has 0 aliphatic carbocycles. The zero-order chi connectivity index (χ0) is 19.4. The molecule has 1 amide bonds. The molecule has 0 aliphatic rings. The highest BCUT2D eigenvalue weighted by Crippen LogP contribution is 2.30. The molecule has 26 heavy (non-hydrogen) atoms. The third kappa shape index (κ3) is 4.27. The SMILES string of the molecule is CCC(NC(=O)c1cc(C(C)C)c(OC)cc1C)c1ccc(C)c(C)c1. The van der Waals surface area contributed by atoms with Gasteiger partial charge in [0.15, 0.2) is 0 Å². The highest BCUT2D eigenvalue weighted by Gasteiger charge is 2.19. The van der Waals surface area contributed by atoms with E-state index >= 15 is 0 Å². The Morgan fingerprint density at radius 1 is 1.04 bits per heavy atom. The maximum absolute atomic E-state index is 13.0. The van der Waals surface area contributed by atoms with Crippen LogP contribution in [-0.4, -0.2) is 13.0 Å². The molecule has 0 saturated heterocycles. The van der Waals surface area contributed by atoms with E-state index in [9.17, 15) is 4.79 Å². The number of hydrogen-bond donors (Lipinski definition) is 1. The Balaban J connectivity index is 2.32. The average Bonchev–Trinajstić information content (AvgIpc) is 2.61. The monoisotopic (exact) mass is 353 g/mol. The van der Waals surface area contributed by atoms with Gasteiger partial charge in [0.1, 0.15) is 5.75 Å². The largest absolute Gasteiger partial charge is 0.496 e. The van der Waals surface area contributed by atoms with Gasteiger partial charge in [-0.1, -0.05) is 39.0 Å². The van der Waals surface area contributed by atoms with Gasteiger partial charge in [-0.05, 0) is 73.1 Å². The number of amides is 1. The lowest BCUT2D eigenvalue weighted by Gasteiger charge is -2.21. The van der Waals surface area contributed by atoms with Gasteiger partial charge in [-0.15, -0.1) is 0 Å². The van der Waals surface area contributed by atoms with Crippen molar-refractivity contribution >= 4 is 5.91 Å². The summed E-state index contributed by atoms with van der Waals surface area (Å²) in [6, 6.07) is 10.3. The summed E-state index contributed by atoms with van der Waals surface area (Å²) >= 11 is 0. The van der Waals surface area contributed by atoms with Crippen LogP contribution in [0.5, 0.6) is 5.75 Å². The molecule has 2 aromatic carbocycles. The van der Waals surface area contributed by atoms with Crippen molar-refractivity contribution in [3.8, 4) is 5.75 Å². The molecule has 0 aliphatic heterocycles. The standard InChI is InChI=1S/C23H31NO2/c1-8-21(18-10-9-15(4)16(5)11-18)24-23(25)20-13-19(14(2)3)22(26-7)12-17(20)6/h9-14,21H,8H2,1-7H3,(H,24,25). The first-order chi connectivity index (χ1) is 12.3. The van der Waals surface area contributed by atoms with Crippen LogP contribution in [0, 0.1) is 20.8 Å². The summed E-state index contributed by atoms with van der Waals surface area (Å²) in [6.45, 7) is 12.5. The van der Waals surface area contributed by atoms with Crippen LogP contribution in [0.15, 0.2) is 30.3 Å². The predicted octanol–water partition coefficient (Wildman–Crippen LogP) is 5.62. The number of benzene rings is 2. The van der Waals surface area contributed by atoms with Crippen LogP contribution in [-0.2, 0) is 0 Å². The highest BCUT2D eigenvalue weighted by atomic mass is 16.5. The summed E-state index contributed by atoms with van der Waals surface area (Å²) in [5, 5.41) is 3.21. The Morgan fingerprint density at radius 2 is 1.73 bits per heavy atom. The summed E-state index contributed by atoms with van der Waals surface area (Å²) in [4.78, 5) is 13.0. The number of nitrogens with one attached hydrogen (secondary N) is 1. The van der Waals surface area contributed by atoms with E-state index in [1.165, 1.54) is 11.1 Å². The maximum atomic E-state index is 13.0. The zero-order valence-electron chi connectivity index (χ0n) is 17.1. The molecule has 3 heteroatoms. The number of rotatable bonds is 6. The summed E-state index contributed by atoms with van der Waals surface area (Å²) in [6.07, 6.45) is 0.848. The van der Waals surface area contributed by atoms with Crippen LogP contribution in [0.4, 0.5) is 0 Å². The lowest BCUT2D eigenvalue weighted by molar-refractivity contribution is 0.0935. The van der Waals surface area contributed by atoms with Crippen LogP contribution in [0.1, 0.15) is 77.3 Å². The van der Waals surface area contributed by atoms with Gasteiger partial charge < -0.3 is 10.1 Å². The minimum Gasteiger partial charge on any atom is -0.496 e. The van der Waals surface area contributed by atoms with E-state index < -0.39 is 0 Å². The third-order valence-electron chi connectivity index (χ3n) is 5.09. The van der Waals surface area contributed by atoms with Gasteiger partial charge in [0, 0.05) is 5.56 Å². The van der Waals surface area contributed by atoms with Gasteiger partial charge in [-0.2, -0.15) is 0 Å². The molecule has 0 spiro atoms. The molecule has 1 N–H and O–H groups in total. The smallest absolute Gasteiger partial charge is 0.252 e. The second kappa shape index (κ2) is 8.39. The fourth-order valence-corrected chi connectivity index (χ4v) is 3.21. The third-order valence-corrected chi connectivity index (χ3v) is 5.09. The Kier molecular flexibility index (Phi) is 6.47. The van der Waals surface area contributed by atoms with E-state index in [4.69, 9.17) is 4.74 Å². The van der Waals surface area contributed by atoms with Crippen molar-refractivity contribution in [1.29, 1.82) is 0 Å². The van der Waals surface area contributed by atoms with Gasteiger partial charge in [-0.25, -0.2) is 0 Å². The van der Waals surface area contributed by atoms with E-state index in [0.717, 1.165) is 34.4 Å². The van der Waals surface area contributed by atoms with Crippen molar-refractivity contribution < 1.29 is 9.53 Å². The fourth-order valence-electron chi connectivity index (χ4n) is 3.21. The topological polar surface area (TPSA) is 38.3 Å². The molecule has 0 fully saturated rings. The number of carbonyl (C=O) groups is 1. The molecule has 1 unspecified atom stereocenters. The van der Waals surface area contributed by atoms with Crippen molar-refractivity contribution in [3.63, 3.8) is 0 Å². The van der Waals surface area contributed by atoms with Gasteiger partial charge >= 0.3 is 0 Å². The lowest BCUT2D eigenvalue weighted by atomic mass is 9.95. The van der Waals surface area contributed by atoms with Gasteiger partial charge in [0.2, 0.25) is 0 Å². The van der Waals surface area contributed by atoms with E-state index in [2.05, 4.69) is 58.1 Å². The second-order valence-electron chi connectivity index (χ2n) is 7.34. The quantitative estimate of drug-likeness (QED) is 0.731. The van der Waals surface area contributed by atoms with Crippen LogP contribution < -0.4 is 10.1 Å². The summed E-state index contributed by atoms with van der Waals surface area (Å²) in [5.74, 6) is 1.10. The van der Waals surface area contributed by atoms with E-state index in [1.807, 2.05) is 19.1 Å². The van der Waals surface area contributed by atoms with Crippen molar-refractivity contribution in [3.05, 3.63) is 63.7 Å². The first kappa shape index (κ1) is 20.0. The van der Waals surface area contributed by atoms with Crippen molar-refractivity contribution in [2.75, 3.05) is 7.11 Å². The van der Waals surface area contributed by atoms with Gasteiger partial charge in [-0.3, -0.25) is 4.79 Å². The number of hydrogen-bond acceptors (Lipinski definition) is 2. The Labute approximate surface area is 157 Å². The molecule has 0 bridgehead atoms. The molecule has 0 aromatic heterocycles. The van der Waals surface area contributed by atoms with Crippen LogP contribution in [0.25, 0.3) is 0 Å². The number of methoxy groups -OCH3 is 1. The first-order valence-corrected chi connectivity index (χ1v) is 9.35. The molecule has 0 radical (unpaired) electrons. The summed E-state index contributed by atoms with van der Waals surface area (Å²) < 4.78 is 5.49. The number of aryl methyl sites for hydroxylation is 3. The van der Waals surface area contributed by atoms with Crippen molar-refractivity contribution in [2.24, 2.45) is 0 Å². The minimum atomic E-state index is -0.0304. The maximum Gasteiger partial charge on any atom is 0.252 e. The first-order valence-electron chi connectivity index (χ1n) is 9.35. The Bertz CT molecular complexity index is 793. The predicted molar refractivity (Wildman–Crippen MR) is 108 cm³/mol. The zero-order valence-corrected chi connectivity index (χ0v) is 17.1. The Hall–Kier alpha value is -2.29. The molecule has 0 saturated carbocycles.